The SMILES string of the molecule is C=C1C(=O)C(C)=C1N1CCc2ccc(CNC)cc2C1. The van der Waals surface area contributed by atoms with E-state index < -0.39 is 0 Å². The first-order valence-corrected chi connectivity index (χ1v) is 7.07. The molecule has 1 aromatic rings. The van der Waals surface area contributed by atoms with Gasteiger partial charge < -0.3 is 10.2 Å². The Kier molecular flexibility index (Phi) is 3.22. The number of benzene rings is 1. The molecule has 1 heterocycles. The number of allylic oxidation sites excluding steroid dienone is 2. The van der Waals surface area contributed by atoms with Crippen LogP contribution in [0.25, 0.3) is 0 Å². The highest BCUT2D eigenvalue weighted by Crippen LogP contribution is 2.34. The first-order chi connectivity index (χ1) is 9.61. The van der Waals surface area contributed by atoms with Crippen LogP contribution in [0.2, 0.25) is 0 Å². The fraction of sp³-hybridized carbons (Fsp3) is 0.353. The van der Waals surface area contributed by atoms with Gasteiger partial charge in [0.2, 0.25) is 0 Å². The summed E-state index contributed by atoms with van der Waals surface area (Å²) in [6.45, 7) is 8.53. The van der Waals surface area contributed by atoms with Gasteiger partial charge in [-0.3, -0.25) is 4.79 Å². The van der Waals surface area contributed by atoms with Crippen molar-refractivity contribution in [3.63, 3.8) is 0 Å². The van der Waals surface area contributed by atoms with Crippen LogP contribution in [0.4, 0.5) is 0 Å². The van der Waals surface area contributed by atoms with Crippen molar-refractivity contribution in [2.24, 2.45) is 0 Å². The molecule has 0 radical (unpaired) electrons. The van der Waals surface area contributed by atoms with E-state index >= 15 is 0 Å². The third-order valence-electron chi connectivity index (χ3n) is 4.24. The van der Waals surface area contributed by atoms with E-state index in [1.54, 1.807) is 0 Å². The third kappa shape index (κ3) is 1.98. The Labute approximate surface area is 120 Å². The smallest absolute Gasteiger partial charge is 0.192 e. The molecular weight excluding hydrogens is 248 g/mol. The second kappa shape index (κ2) is 4.91. The van der Waals surface area contributed by atoms with Gasteiger partial charge in [-0.15, -0.1) is 0 Å². The van der Waals surface area contributed by atoms with Crippen LogP contribution in [-0.2, 0) is 24.3 Å². The lowest BCUT2D eigenvalue weighted by molar-refractivity contribution is -0.113. The van der Waals surface area contributed by atoms with Gasteiger partial charge in [0.25, 0.3) is 0 Å². The number of ketones is 1. The zero-order valence-electron chi connectivity index (χ0n) is 12.1. The van der Waals surface area contributed by atoms with Gasteiger partial charge in [-0.25, -0.2) is 0 Å². The molecule has 0 unspecified atom stereocenters. The molecule has 0 fully saturated rings. The zero-order valence-corrected chi connectivity index (χ0v) is 12.1. The van der Waals surface area contributed by atoms with Crippen molar-refractivity contribution in [1.29, 1.82) is 0 Å². The second-order valence-corrected chi connectivity index (χ2v) is 5.59. The topological polar surface area (TPSA) is 32.3 Å². The lowest BCUT2D eigenvalue weighted by atomic mass is 9.86. The number of nitrogens with zero attached hydrogens (tertiary/aromatic N) is 1. The fourth-order valence-corrected chi connectivity index (χ4v) is 3.15. The highest BCUT2D eigenvalue weighted by molar-refractivity contribution is 6.18. The molecule has 3 heteroatoms. The maximum absolute atomic E-state index is 11.6. The van der Waals surface area contributed by atoms with Gasteiger partial charge >= 0.3 is 0 Å². The Morgan fingerprint density at radius 1 is 1.35 bits per heavy atom. The first kappa shape index (κ1) is 13.1. The Hall–Kier alpha value is -1.87. The maximum Gasteiger partial charge on any atom is 0.192 e. The third-order valence-corrected chi connectivity index (χ3v) is 4.24. The Morgan fingerprint density at radius 2 is 2.15 bits per heavy atom. The van der Waals surface area contributed by atoms with Crippen LogP contribution >= 0.6 is 0 Å². The van der Waals surface area contributed by atoms with Gasteiger partial charge in [-0.1, -0.05) is 24.8 Å². The number of hydrogen-bond donors (Lipinski definition) is 1. The summed E-state index contributed by atoms with van der Waals surface area (Å²) >= 11 is 0. The molecule has 2 aliphatic rings. The minimum Gasteiger partial charge on any atom is -0.366 e. The van der Waals surface area contributed by atoms with Gasteiger partial charge in [-0.05, 0) is 37.1 Å². The largest absolute Gasteiger partial charge is 0.366 e. The Morgan fingerprint density at radius 3 is 2.85 bits per heavy atom. The first-order valence-electron chi connectivity index (χ1n) is 7.07. The van der Waals surface area contributed by atoms with Crippen LogP contribution in [0.15, 0.2) is 41.6 Å². The zero-order chi connectivity index (χ0) is 14.3. The average molecular weight is 268 g/mol. The summed E-state index contributed by atoms with van der Waals surface area (Å²) in [5, 5.41) is 3.19. The van der Waals surface area contributed by atoms with Crippen molar-refractivity contribution in [3.05, 3.63) is 58.3 Å². The van der Waals surface area contributed by atoms with Gasteiger partial charge in [0, 0.05) is 30.8 Å². The molecule has 0 bridgehead atoms. The number of fused-ring (bicyclic) bond motifs is 1. The minimum atomic E-state index is 0.120. The van der Waals surface area contributed by atoms with Gasteiger partial charge in [0.05, 0.1) is 5.70 Å². The number of hydrogen-bond acceptors (Lipinski definition) is 3. The van der Waals surface area contributed by atoms with Gasteiger partial charge in [0.15, 0.2) is 5.78 Å². The second-order valence-electron chi connectivity index (χ2n) is 5.59. The molecule has 3 nitrogen and oxygen atoms in total. The monoisotopic (exact) mass is 268 g/mol. The molecule has 1 N–H and O–H groups in total. The minimum absolute atomic E-state index is 0.120. The number of carbonyl (C=O) groups excluding carboxylic acids is 1. The van der Waals surface area contributed by atoms with Crippen LogP contribution in [0.5, 0.6) is 0 Å². The summed E-state index contributed by atoms with van der Waals surface area (Å²) in [6.07, 6.45) is 1.04. The fourth-order valence-electron chi connectivity index (χ4n) is 3.15. The summed E-state index contributed by atoms with van der Waals surface area (Å²) in [6, 6.07) is 6.71. The van der Waals surface area contributed by atoms with Crippen LogP contribution in [-0.4, -0.2) is 24.3 Å². The molecule has 104 valence electrons. The van der Waals surface area contributed by atoms with E-state index in [2.05, 4.69) is 35.0 Å². The van der Waals surface area contributed by atoms with E-state index in [0.29, 0.717) is 5.57 Å². The highest BCUT2D eigenvalue weighted by atomic mass is 16.1. The standard InChI is InChI=1S/C17H20N2O/c1-11-16(12(2)17(11)20)19-7-6-14-5-4-13(9-18-3)8-15(14)10-19/h4-5,8,18H,1,6-7,9-10H2,2-3H3. The van der Waals surface area contributed by atoms with Crippen LogP contribution in [0, 0.1) is 0 Å². The molecule has 0 aromatic heterocycles. The van der Waals surface area contributed by atoms with Gasteiger partial charge in [0.1, 0.15) is 0 Å². The molecular formula is C17H20N2O. The van der Waals surface area contributed by atoms with Crippen molar-refractivity contribution in [3.8, 4) is 0 Å². The van der Waals surface area contributed by atoms with E-state index in [1.807, 2.05) is 14.0 Å². The summed E-state index contributed by atoms with van der Waals surface area (Å²) in [7, 11) is 1.96. The Bertz CT molecular complexity index is 628. The van der Waals surface area contributed by atoms with Crippen molar-refractivity contribution < 1.29 is 4.79 Å². The molecule has 0 spiro atoms. The molecule has 0 saturated carbocycles. The maximum atomic E-state index is 11.6. The van der Waals surface area contributed by atoms with Crippen molar-refractivity contribution in [2.75, 3.05) is 13.6 Å². The number of Topliss-reactive ketones (excluding diaryl/α,β-unsaturated/α-hetero) is 1. The van der Waals surface area contributed by atoms with Crippen molar-refractivity contribution in [1.82, 2.24) is 10.2 Å². The summed E-state index contributed by atoms with van der Waals surface area (Å²) in [5.74, 6) is 0.120. The number of carbonyl (C=O) groups is 1. The normalized spacial score (nSPS) is 18.2. The molecule has 1 aromatic carbocycles. The van der Waals surface area contributed by atoms with E-state index in [4.69, 9.17) is 0 Å². The highest BCUT2D eigenvalue weighted by Gasteiger charge is 2.33. The molecule has 0 saturated heterocycles. The van der Waals surface area contributed by atoms with E-state index in [-0.39, 0.29) is 5.78 Å². The lowest BCUT2D eigenvalue weighted by Gasteiger charge is -2.38. The van der Waals surface area contributed by atoms with Crippen LogP contribution in [0.3, 0.4) is 0 Å². The molecule has 3 rings (SSSR count). The van der Waals surface area contributed by atoms with E-state index in [1.165, 1.54) is 16.7 Å². The molecule has 0 amide bonds. The summed E-state index contributed by atoms with van der Waals surface area (Å²) in [4.78, 5) is 13.9. The molecule has 0 atom stereocenters. The summed E-state index contributed by atoms with van der Waals surface area (Å²) in [5.41, 5.74) is 6.72. The van der Waals surface area contributed by atoms with Gasteiger partial charge in [-0.2, -0.15) is 0 Å². The quantitative estimate of drug-likeness (QED) is 0.853. The molecule has 1 aliphatic heterocycles. The van der Waals surface area contributed by atoms with Crippen molar-refractivity contribution >= 4 is 5.78 Å². The Balaban J connectivity index is 1.86. The lowest BCUT2D eigenvalue weighted by Crippen LogP contribution is -2.37. The van der Waals surface area contributed by atoms with Crippen LogP contribution < -0.4 is 5.32 Å². The molecule has 20 heavy (non-hydrogen) atoms. The summed E-state index contributed by atoms with van der Waals surface area (Å²) < 4.78 is 0. The predicted octanol–water partition coefficient (Wildman–Crippen LogP) is 2.18. The average Bonchev–Trinajstić information content (AvgIpc) is 2.47. The number of nitrogens with one attached hydrogen (secondary N) is 1. The van der Waals surface area contributed by atoms with Crippen molar-refractivity contribution in [2.45, 2.75) is 26.4 Å². The molecule has 1 aliphatic carbocycles. The number of rotatable bonds is 3. The van der Waals surface area contributed by atoms with E-state index in [0.717, 1.165) is 37.3 Å². The van der Waals surface area contributed by atoms with E-state index in [9.17, 15) is 4.79 Å². The van der Waals surface area contributed by atoms with Crippen LogP contribution in [0.1, 0.15) is 23.6 Å². The predicted molar refractivity (Wildman–Crippen MR) is 80.2 cm³/mol.